The molecular formula is C21H25NO3S. The second kappa shape index (κ2) is 9.43. The molecule has 0 fully saturated rings. The lowest BCUT2D eigenvalue weighted by Crippen LogP contribution is -2.22. The van der Waals surface area contributed by atoms with Crippen LogP contribution in [0.5, 0.6) is 0 Å². The summed E-state index contributed by atoms with van der Waals surface area (Å²) < 4.78 is 0. The second-order valence-corrected chi connectivity index (χ2v) is 7.70. The molecule has 1 atom stereocenters. The maximum Gasteiger partial charge on any atom is 0.316 e. The minimum atomic E-state index is -0.874. The lowest BCUT2D eigenvalue weighted by atomic mass is 10.1. The van der Waals surface area contributed by atoms with Crippen LogP contribution < -0.4 is 5.32 Å². The topological polar surface area (TPSA) is 66.4 Å². The number of carbonyl (C=O) groups excluding carboxylic acids is 1. The van der Waals surface area contributed by atoms with Gasteiger partial charge in [-0.1, -0.05) is 35.9 Å². The molecule has 0 radical (unpaired) electrons. The number of carbonyl (C=O) groups is 2. The number of thioether (sulfide) groups is 1. The summed E-state index contributed by atoms with van der Waals surface area (Å²) in [6.45, 7) is 6.03. The molecule has 2 N–H and O–H groups in total. The van der Waals surface area contributed by atoms with Crippen LogP contribution in [-0.2, 0) is 16.0 Å². The van der Waals surface area contributed by atoms with E-state index in [9.17, 15) is 14.7 Å². The molecular weight excluding hydrogens is 346 g/mol. The minimum Gasteiger partial charge on any atom is -0.480 e. The van der Waals surface area contributed by atoms with Crippen molar-refractivity contribution in [2.24, 2.45) is 0 Å². The Labute approximate surface area is 159 Å². The fourth-order valence-electron chi connectivity index (χ4n) is 2.52. The van der Waals surface area contributed by atoms with E-state index in [4.69, 9.17) is 0 Å². The number of hydrogen-bond donors (Lipinski definition) is 2. The Morgan fingerprint density at radius 1 is 1.04 bits per heavy atom. The number of aryl methyl sites for hydroxylation is 4. The maximum atomic E-state index is 12.1. The van der Waals surface area contributed by atoms with Crippen LogP contribution in [0.25, 0.3) is 0 Å². The number of amides is 1. The summed E-state index contributed by atoms with van der Waals surface area (Å²) in [5.74, 6) is -0.932. The smallest absolute Gasteiger partial charge is 0.316 e. The lowest BCUT2D eigenvalue weighted by Gasteiger charge is -2.13. The SMILES string of the molecule is Cc1ccc(CCC(SCC(=O)Nc2ccc(C)c(C)c2)C(=O)O)cc1. The Balaban J connectivity index is 1.84. The predicted octanol–water partition coefficient (Wildman–Crippen LogP) is 4.37. The molecule has 0 bridgehead atoms. The molecule has 1 amide bonds. The fraction of sp³-hybridized carbons (Fsp3) is 0.333. The molecule has 2 aromatic carbocycles. The van der Waals surface area contributed by atoms with E-state index in [1.807, 2.05) is 63.2 Å². The molecule has 1 unspecified atom stereocenters. The van der Waals surface area contributed by atoms with Crippen molar-refractivity contribution in [3.8, 4) is 0 Å². The Kier molecular flexibility index (Phi) is 7.27. The Morgan fingerprint density at radius 3 is 2.35 bits per heavy atom. The first-order valence-electron chi connectivity index (χ1n) is 8.62. The summed E-state index contributed by atoms with van der Waals surface area (Å²) in [5.41, 5.74) is 5.31. The van der Waals surface area contributed by atoms with Crippen molar-refractivity contribution in [3.63, 3.8) is 0 Å². The molecule has 0 aliphatic heterocycles. The van der Waals surface area contributed by atoms with Crippen LogP contribution in [0, 0.1) is 20.8 Å². The van der Waals surface area contributed by atoms with Gasteiger partial charge in [-0.2, -0.15) is 0 Å². The van der Waals surface area contributed by atoms with Crippen LogP contribution in [0.1, 0.15) is 28.7 Å². The van der Waals surface area contributed by atoms with E-state index in [1.165, 1.54) is 22.9 Å². The number of hydrogen-bond acceptors (Lipinski definition) is 3. The van der Waals surface area contributed by atoms with Crippen LogP contribution >= 0.6 is 11.8 Å². The number of carboxylic acids is 1. The standard InChI is InChI=1S/C21H25NO3S/c1-14-4-7-17(8-5-14)9-11-19(21(24)25)26-13-20(23)22-18-10-6-15(2)16(3)12-18/h4-8,10,12,19H,9,11,13H2,1-3H3,(H,22,23)(H,24,25). The minimum absolute atomic E-state index is 0.123. The summed E-state index contributed by atoms with van der Waals surface area (Å²) in [6.07, 6.45) is 1.18. The fourth-order valence-corrected chi connectivity index (χ4v) is 3.37. The maximum absolute atomic E-state index is 12.1. The predicted molar refractivity (Wildman–Crippen MR) is 108 cm³/mol. The normalized spacial score (nSPS) is 11.8. The van der Waals surface area contributed by atoms with Gasteiger partial charge in [0.15, 0.2) is 0 Å². The van der Waals surface area contributed by atoms with E-state index < -0.39 is 11.2 Å². The highest BCUT2D eigenvalue weighted by Crippen LogP contribution is 2.20. The van der Waals surface area contributed by atoms with Gasteiger partial charge in [0.25, 0.3) is 0 Å². The molecule has 5 heteroatoms. The first-order valence-corrected chi connectivity index (χ1v) is 9.67. The quantitative estimate of drug-likeness (QED) is 0.723. The largest absolute Gasteiger partial charge is 0.480 e. The van der Waals surface area contributed by atoms with Crippen LogP contribution in [-0.4, -0.2) is 28.0 Å². The molecule has 0 aliphatic carbocycles. The van der Waals surface area contributed by atoms with Gasteiger partial charge in [-0.15, -0.1) is 11.8 Å². The molecule has 138 valence electrons. The number of benzene rings is 2. The van der Waals surface area contributed by atoms with Gasteiger partial charge in [-0.25, -0.2) is 0 Å². The van der Waals surface area contributed by atoms with E-state index in [-0.39, 0.29) is 11.7 Å². The highest BCUT2D eigenvalue weighted by Gasteiger charge is 2.19. The molecule has 4 nitrogen and oxygen atoms in total. The summed E-state index contributed by atoms with van der Waals surface area (Å²) >= 11 is 1.18. The van der Waals surface area contributed by atoms with Crippen molar-refractivity contribution in [2.75, 3.05) is 11.1 Å². The molecule has 0 saturated heterocycles. The summed E-state index contributed by atoms with van der Waals surface area (Å²) in [5, 5.41) is 11.6. The van der Waals surface area contributed by atoms with Gasteiger partial charge in [0.1, 0.15) is 5.25 Å². The lowest BCUT2D eigenvalue weighted by molar-refractivity contribution is -0.136. The molecule has 26 heavy (non-hydrogen) atoms. The van der Waals surface area contributed by atoms with Gasteiger partial charge in [0.05, 0.1) is 5.75 Å². The third-order valence-corrected chi connectivity index (χ3v) is 5.57. The molecule has 2 rings (SSSR count). The van der Waals surface area contributed by atoms with E-state index in [0.29, 0.717) is 12.8 Å². The third kappa shape index (κ3) is 6.23. The first-order chi connectivity index (χ1) is 12.3. The van der Waals surface area contributed by atoms with Gasteiger partial charge in [-0.3, -0.25) is 9.59 Å². The number of rotatable bonds is 8. The van der Waals surface area contributed by atoms with Crippen molar-refractivity contribution in [1.82, 2.24) is 0 Å². The third-order valence-electron chi connectivity index (χ3n) is 4.30. The zero-order chi connectivity index (χ0) is 19.1. The molecule has 2 aromatic rings. The van der Waals surface area contributed by atoms with Crippen LogP contribution in [0.15, 0.2) is 42.5 Å². The summed E-state index contributed by atoms with van der Waals surface area (Å²) in [4.78, 5) is 23.6. The zero-order valence-corrected chi connectivity index (χ0v) is 16.2. The Morgan fingerprint density at radius 2 is 1.73 bits per heavy atom. The monoisotopic (exact) mass is 371 g/mol. The number of carboxylic acid groups (broad SMARTS) is 1. The highest BCUT2D eigenvalue weighted by atomic mass is 32.2. The molecule has 0 heterocycles. The van der Waals surface area contributed by atoms with Crippen molar-refractivity contribution in [2.45, 2.75) is 38.9 Å². The summed E-state index contributed by atoms with van der Waals surface area (Å²) in [7, 11) is 0. The van der Waals surface area contributed by atoms with Crippen molar-refractivity contribution in [3.05, 3.63) is 64.7 Å². The molecule has 0 aliphatic rings. The van der Waals surface area contributed by atoms with Crippen molar-refractivity contribution >= 4 is 29.3 Å². The van der Waals surface area contributed by atoms with Crippen molar-refractivity contribution in [1.29, 1.82) is 0 Å². The molecule has 0 saturated carbocycles. The summed E-state index contributed by atoms with van der Waals surface area (Å²) in [6, 6.07) is 13.8. The number of anilines is 1. The van der Waals surface area contributed by atoms with Gasteiger partial charge in [0.2, 0.25) is 5.91 Å². The van der Waals surface area contributed by atoms with E-state index in [2.05, 4.69) is 5.32 Å². The second-order valence-electron chi connectivity index (χ2n) is 6.51. The highest BCUT2D eigenvalue weighted by molar-refractivity contribution is 8.01. The van der Waals surface area contributed by atoms with Gasteiger partial charge >= 0.3 is 5.97 Å². The van der Waals surface area contributed by atoms with E-state index in [1.54, 1.807) is 0 Å². The molecule has 0 aromatic heterocycles. The number of aliphatic carboxylic acids is 1. The van der Waals surface area contributed by atoms with Crippen molar-refractivity contribution < 1.29 is 14.7 Å². The number of nitrogens with one attached hydrogen (secondary N) is 1. The first kappa shape index (κ1) is 20.0. The van der Waals surface area contributed by atoms with Crippen LogP contribution in [0.4, 0.5) is 5.69 Å². The van der Waals surface area contributed by atoms with Crippen LogP contribution in [0.3, 0.4) is 0 Å². The molecule has 0 spiro atoms. The zero-order valence-electron chi connectivity index (χ0n) is 15.4. The Hall–Kier alpha value is -2.27. The van der Waals surface area contributed by atoms with Crippen LogP contribution in [0.2, 0.25) is 0 Å². The average Bonchev–Trinajstić information content (AvgIpc) is 2.59. The Bertz CT molecular complexity index is 771. The average molecular weight is 372 g/mol. The van der Waals surface area contributed by atoms with Gasteiger partial charge < -0.3 is 10.4 Å². The van der Waals surface area contributed by atoms with E-state index >= 15 is 0 Å². The van der Waals surface area contributed by atoms with Gasteiger partial charge in [0, 0.05) is 5.69 Å². The van der Waals surface area contributed by atoms with Gasteiger partial charge in [-0.05, 0) is 62.4 Å². The van der Waals surface area contributed by atoms with E-state index in [0.717, 1.165) is 16.8 Å².